The van der Waals surface area contributed by atoms with Gasteiger partial charge in [-0.3, -0.25) is 4.90 Å². The van der Waals surface area contributed by atoms with E-state index in [1.165, 1.54) is 17.5 Å². The zero-order chi connectivity index (χ0) is 19.9. The van der Waals surface area contributed by atoms with Crippen molar-refractivity contribution in [3.63, 3.8) is 0 Å². The number of hydrogen-bond acceptors (Lipinski definition) is 4. The van der Waals surface area contributed by atoms with E-state index in [1.807, 2.05) is 0 Å². The molecule has 0 spiro atoms. The van der Waals surface area contributed by atoms with E-state index in [1.54, 1.807) is 0 Å². The molecule has 1 fully saturated rings. The summed E-state index contributed by atoms with van der Waals surface area (Å²) in [5, 5.41) is 6.72. The van der Waals surface area contributed by atoms with E-state index in [0.717, 1.165) is 78.0 Å². The number of aliphatic imine (C=N–C) groups is 1. The predicted molar refractivity (Wildman–Crippen MR) is 116 cm³/mol. The Bertz CT molecular complexity index is 559. The van der Waals surface area contributed by atoms with E-state index >= 15 is 0 Å². The minimum atomic E-state index is 0.680. The summed E-state index contributed by atoms with van der Waals surface area (Å²) in [5.74, 6) is 0.870. The van der Waals surface area contributed by atoms with E-state index in [9.17, 15) is 0 Å². The van der Waals surface area contributed by atoms with Crippen LogP contribution in [-0.2, 0) is 22.6 Å². The van der Waals surface area contributed by atoms with Crippen LogP contribution in [-0.4, -0.2) is 63.5 Å². The lowest BCUT2D eigenvalue weighted by Gasteiger charge is -2.26. The molecule has 0 bridgehead atoms. The zero-order valence-electron chi connectivity index (χ0n) is 17.7. The first-order valence-corrected chi connectivity index (χ1v) is 10.8. The predicted octanol–water partition coefficient (Wildman–Crippen LogP) is 2.78. The average molecular weight is 391 g/mol. The quantitative estimate of drug-likeness (QED) is 0.327. The summed E-state index contributed by atoms with van der Waals surface area (Å²) in [4.78, 5) is 7.18. The first-order valence-electron chi connectivity index (χ1n) is 10.8. The van der Waals surface area contributed by atoms with Crippen molar-refractivity contribution in [2.45, 2.75) is 46.2 Å². The normalized spacial score (nSPS) is 15.6. The van der Waals surface area contributed by atoms with Crippen LogP contribution in [0.25, 0.3) is 0 Å². The van der Waals surface area contributed by atoms with Crippen LogP contribution in [0.5, 0.6) is 0 Å². The van der Waals surface area contributed by atoms with E-state index in [0.29, 0.717) is 6.54 Å². The Hall–Kier alpha value is -1.63. The third kappa shape index (κ3) is 9.53. The van der Waals surface area contributed by atoms with Gasteiger partial charge in [0.15, 0.2) is 5.96 Å². The van der Waals surface area contributed by atoms with Crippen LogP contribution in [0.1, 0.15) is 44.2 Å². The van der Waals surface area contributed by atoms with Crippen molar-refractivity contribution in [3.8, 4) is 0 Å². The molecule has 0 aliphatic carbocycles. The third-order valence-electron chi connectivity index (χ3n) is 4.67. The highest BCUT2D eigenvalue weighted by Gasteiger charge is 2.10. The Morgan fingerprint density at radius 2 is 1.89 bits per heavy atom. The highest BCUT2D eigenvalue weighted by molar-refractivity contribution is 5.79. The van der Waals surface area contributed by atoms with Gasteiger partial charge in [-0.1, -0.05) is 37.6 Å². The average Bonchev–Trinajstić information content (AvgIpc) is 2.72. The lowest BCUT2D eigenvalue weighted by Crippen LogP contribution is -2.38. The molecule has 1 aromatic carbocycles. The second kappa shape index (κ2) is 14.4. The number of hydrogen-bond donors (Lipinski definition) is 2. The van der Waals surface area contributed by atoms with Crippen molar-refractivity contribution in [2.24, 2.45) is 4.99 Å². The van der Waals surface area contributed by atoms with Crippen molar-refractivity contribution >= 4 is 5.96 Å². The topological polar surface area (TPSA) is 58.1 Å². The van der Waals surface area contributed by atoms with E-state index in [4.69, 9.17) is 14.5 Å². The monoisotopic (exact) mass is 390 g/mol. The molecule has 0 aromatic heterocycles. The van der Waals surface area contributed by atoms with Gasteiger partial charge in [-0.15, -0.1) is 0 Å². The molecule has 0 amide bonds. The van der Waals surface area contributed by atoms with Crippen LogP contribution >= 0.6 is 0 Å². The number of nitrogens with one attached hydrogen (secondary N) is 2. The molecule has 2 rings (SSSR count). The van der Waals surface area contributed by atoms with Gasteiger partial charge in [0.25, 0.3) is 0 Å². The summed E-state index contributed by atoms with van der Waals surface area (Å²) in [6.07, 6.45) is 3.31. The largest absolute Gasteiger partial charge is 0.381 e. The molecule has 2 N–H and O–H groups in total. The number of benzene rings is 1. The summed E-state index contributed by atoms with van der Waals surface area (Å²) in [7, 11) is 0. The van der Waals surface area contributed by atoms with Crippen LogP contribution in [0, 0.1) is 0 Å². The van der Waals surface area contributed by atoms with Crippen LogP contribution in [0.4, 0.5) is 0 Å². The van der Waals surface area contributed by atoms with Gasteiger partial charge in [-0.2, -0.15) is 0 Å². The molecule has 0 radical (unpaired) electrons. The van der Waals surface area contributed by atoms with Gasteiger partial charge in [0.05, 0.1) is 19.8 Å². The number of unbranched alkanes of at least 4 members (excludes halogenated alkanes) is 1. The Morgan fingerprint density at radius 3 is 2.68 bits per heavy atom. The first kappa shape index (κ1) is 22.7. The van der Waals surface area contributed by atoms with Crippen LogP contribution < -0.4 is 10.6 Å². The molecule has 1 aromatic rings. The molecule has 0 atom stereocenters. The molecule has 6 nitrogen and oxygen atoms in total. The highest BCUT2D eigenvalue weighted by atomic mass is 16.5. The summed E-state index contributed by atoms with van der Waals surface area (Å²) in [5.41, 5.74) is 2.59. The van der Waals surface area contributed by atoms with Crippen molar-refractivity contribution in [1.82, 2.24) is 15.5 Å². The van der Waals surface area contributed by atoms with Crippen molar-refractivity contribution < 1.29 is 9.47 Å². The van der Waals surface area contributed by atoms with Gasteiger partial charge in [-0.05, 0) is 30.9 Å². The molecule has 6 heteroatoms. The Morgan fingerprint density at radius 1 is 1.11 bits per heavy atom. The SMILES string of the molecule is CCCCOCCCNC(=NCc1cccc(CN2CCOCC2)c1)NCC. The maximum absolute atomic E-state index is 5.61. The summed E-state index contributed by atoms with van der Waals surface area (Å²) in [6, 6.07) is 8.75. The van der Waals surface area contributed by atoms with Crippen LogP contribution in [0.3, 0.4) is 0 Å². The summed E-state index contributed by atoms with van der Waals surface area (Å²) in [6.45, 7) is 13.0. The van der Waals surface area contributed by atoms with Crippen molar-refractivity contribution in [1.29, 1.82) is 0 Å². The fraction of sp³-hybridized carbons (Fsp3) is 0.682. The van der Waals surface area contributed by atoms with E-state index in [2.05, 4.69) is 53.6 Å². The second-order valence-electron chi connectivity index (χ2n) is 7.15. The second-order valence-corrected chi connectivity index (χ2v) is 7.15. The van der Waals surface area contributed by atoms with Crippen LogP contribution in [0.2, 0.25) is 0 Å². The number of ether oxygens (including phenoxy) is 2. The molecule has 1 aliphatic heterocycles. The van der Waals surface area contributed by atoms with Crippen molar-refractivity contribution in [3.05, 3.63) is 35.4 Å². The van der Waals surface area contributed by atoms with E-state index in [-0.39, 0.29) is 0 Å². The number of nitrogens with zero attached hydrogens (tertiary/aromatic N) is 2. The minimum Gasteiger partial charge on any atom is -0.381 e. The lowest BCUT2D eigenvalue weighted by molar-refractivity contribution is 0.0342. The van der Waals surface area contributed by atoms with E-state index < -0.39 is 0 Å². The molecule has 1 saturated heterocycles. The molecular weight excluding hydrogens is 352 g/mol. The third-order valence-corrected chi connectivity index (χ3v) is 4.67. The molecule has 1 aliphatic rings. The Labute approximate surface area is 170 Å². The Balaban J connectivity index is 1.76. The minimum absolute atomic E-state index is 0.680. The summed E-state index contributed by atoms with van der Waals surface area (Å²) >= 11 is 0. The van der Waals surface area contributed by atoms with Gasteiger partial charge in [-0.25, -0.2) is 4.99 Å². The molecule has 28 heavy (non-hydrogen) atoms. The van der Waals surface area contributed by atoms with Crippen LogP contribution in [0.15, 0.2) is 29.3 Å². The number of morpholine rings is 1. The molecule has 0 unspecified atom stereocenters. The lowest BCUT2D eigenvalue weighted by atomic mass is 10.1. The summed E-state index contributed by atoms with van der Waals surface area (Å²) < 4.78 is 11.0. The van der Waals surface area contributed by atoms with Gasteiger partial charge in [0.1, 0.15) is 0 Å². The van der Waals surface area contributed by atoms with Gasteiger partial charge in [0, 0.05) is 45.9 Å². The fourth-order valence-electron chi connectivity index (χ4n) is 3.09. The molecule has 1 heterocycles. The zero-order valence-corrected chi connectivity index (χ0v) is 17.7. The number of guanidine groups is 1. The van der Waals surface area contributed by atoms with Gasteiger partial charge in [0.2, 0.25) is 0 Å². The van der Waals surface area contributed by atoms with Crippen molar-refractivity contribution in [2.75, 3.05) is 52.6 Å². The molecule has 0 saturated carbocycles. The first-order chi connectivity index (χ1) is 13.8. The number of rotatable bonds is 12. The maximum atomic E-state index is 5.61. The molecular formula is C22H38N4O2. The molecule has 158 valence electrons. The van der Waals surface area contributed by atoms with Gasteiger partial charge >= 0.3 is 0 Å². The Kier molecular flexibility index (Phi) is 11.6. The highest BCUT2D eigenvalue weighted by Crippen LogP contribution is 2.11. The fourth-order valence-corrected chi connectivity index (χ4v) is 3.09. The van der Waals surface area contributed by atoms with Gasteiger partial charge < -0.3 is 20.1 Å². The maximum Gasteiger partial charge on any atom is 0.191 e. The standard InChI is InChI=1S/C22H38N4O2/c1-3-5-13-27-14-7-10-24-22(23-4-2)25-18-20-8-6-9-21(17-20)19-26-11-15-28-16-12-26/h6,8-9,17H,3-5,7,10-16,18-19H2,1-2H3,(H2,23,24,25). The smallest absolute Gasteiger partial charge is 0.191 e.